The summed E-state index contributed by atoms with van der Waals surface area (Å²) in [5.74, 6) is 0. The summed E-state index contributed by atoms with van der Waals surface area (Å²) in [6.45, 7) is -0.165. The molecular formula is C4H4Cl2O4Zn. The number of carbonyl (C=O) groups is 2. The van der Waals surface area contributed by atoms with Gasteiger partial charge >= 0.3 is 10.9 Å². The summed E-state index contributed by atoms with van der Waals surface area (Å²) in [4.78, 5) is 19.7. The van der Waals surface area contributed by atoms with Crippen LogP contribution in [-0.2, 0) is 29.0 Å². The van der Waals surface area contributed by atoms with Crippen LogP contribution in [0.15, 0.2) is 0 Å². The first-order valence-corrected chi connectivity index (χ1v) is 3.03. The van der Waals surface area contributed by atoms with Crippen LogP contribution < -0.4 is 0 Å². The Balaban J connectivity index is 0. The van der Waals surface area contributed by atoms with Gasteiger partial charge in [0.1, 0.15) is 13.2 Å². The molecule has 0 rings (SSSR count). The molecule has 0 aromatic rings. The van der Waals surface area contributed by atoms with E-state index in [1.807, 2.05) is 0 Å². The van der Waals surface area contributed by atoms with Crippen LogP contribution in [-0.4, -0.2) is 24.1 Å². The van der Waals surface area contributed by atoms with Gasteiger partial charge in [-0.3, -0.25) is 0 Å². The monoisotopic (exact) mass is 250 g/mol. The van der Waals surface area contributed by atoms with Crippen LogP contribution >= 0.6 is 23.2 Å². The number of ether oxygens (including phenoxy) is 2. The van der Waals surface area contributed by atoms with Gasteiger partial charge in [0.15, 0.2) is 0 Å². The van der Waals surface area contributed by atoms with Gasteiger partial charge in [0.2, 0.25) is 0 Å². The van der Waals surface area contributed by atoms with Gasteiger partial charge in [-0.05, 0) is 0 Å². The Bertz CT molecular complexity index is 124. The van der Waals surface area contributed by atoms with Gasteiger partial charge in [-0.2, -0.15) is 0 Å². The molecule has 0 bridgehead atoms. The quantitative estimate of drug-likeness (QED) is 0.436. The van der Waals surface area contributed by atoms with E-state index in [0.717, 1.165) is 0 Å². The summed E-state index contributed by atoms with van der Waals surface area (Å²) >= 11 is 9.52. The van der Waals surface area contributed by atoms with Gasteiger partial charge < -0.3 is 9.47 Å². The van der Waals surface area contributed by atoms with E-state index in [4.69, 9.17) is 23.2 Å². The Morgan fingerprint density at radius 2 is 1.27 bits per heavy atom. The first-order valence-electron chi connectivity index (χ1n) is 2.27. The molecule has 60 valence electrons. The standard InChI is InChI=1S/C4H4Cl2O4.Zn/c5-3(7)9-1-2-10-4(6)8;/h1-2H2;. The Morgan fingerprint density at radius 3 is 1.45 bits per heavy atom. The fourth-order valence-electron chi connectivity index (χ4n) is 0.244. The minimum absolute atomic E-state index is 0. The second-order valence-corrected chi connectivity index (χ2v) is 1.79. The van der Waals surface area contributed by atoms with Crippen molar-refractivity contribution < 1.29 is 38.5 Å². The molecule has 0 radical (unpaired) electrons. The Hall–Kier alpha value is 0.143. The molecule has 0 aliphatic rings. The van der Waals surface area contributed by atoms with E-state index in [-0.39, 0.29) is 32.7 Å². The third-order valence-electron chi connectivity index (χ3n) is 0.514. The maximum atomic E-state index is 9.86. The minimum Gasteiger partial charge on any atom is -0.450 e. The van der Waals surface area contributed by atoms with Gasteiger partial charge in [0.05, 0.1) is 0 Å². The van der Waals surface area contributed by atoms with Crippen molar-refractivity contribution >= 4 is 34.1 Å². The summed E-state index contributed by atoms with van der Waals surface area (Å²) in [6.07, 6.45) is 0. The number of carbonyl (C=O) groups excluding carboxylic acids is 2. The number of hydrogen-bond acceptors (Lipinski definition) is 4. The molecule has 0 saturated carbocycles. The van der Waals surface area contributed by atoms with Gasteiger partial charge in [-0.15, -0.1) is 0 Å². The second-order valence-electron chi connectivity index (χ2n) is 1.17. The largest absolute Gasteiger partial charge is 0.450 e. The van der Waals surface area contributed by atoms with Crippen LogP contribution in [0.4, 0.5) is 9.59 Å². The predicted octanol–water partition coefficient (Wildman–Crippen LogP) is 1.73. The molecular weight excluding hydrogens is 248 g/mol. The SMILES string of the molecule is O=C(Cl)OCCOC(=O)Cl.[Zn]. The van der Waals surface area contributed by atoms with Crippen LogP contribution in [0.25, 0.3) is 0 Å². The van der Waals surface area contributed by atoms with Crippen LogP contribution in [0.1, 0.15) is 0 Å². The molecule has 0 fully saturated rings. The third kappa shape index (κ3) is 13.2. The fraction of sp³-hybridized carbons (Fsp3) is 0.500. The molecule has 0 atom stereocenters. The second kappa shape index (κ2) is 8.24. The fourth-order valence-corrected chi connectivity index (χ4v) is 0.398. The molecule has 7 heteroatoms. The average Bonchev–Trinajstić information content (AvgIpc) is 1.79. The van der Waals surface area contributed by atoms with Gasteiger partial charge in [0, 0.05) is 42.7 Å². The molecule has 0 N–H and O–H groups in total. The zero-order chi connectivity index (χ0) is 7.98. The van der Waals surface area contributed by atoms with E-state index < -0.39 is 10.9 Å². The molecule has 0 aliphatic heterocycles. The molecule has 0 saturated heterocycles. The van der Waals surface area contributed by atoms with E-state index >= 15 is 0 Å². The number of rotatable bonds is 3. The molecule has 0 aliphatic carbocycles. The average molecular weight is 252 g/mol. The van der Waals surface area contributed by atoms with Gasteiger partial charge in [0.25, 0.3) is 0 Å². The molecule has 11 heavy (non-hydrogen) atoms. The van der Waals surface area contributed by atoms with Crippen molar-refractivity contribution in [2.45, 2.75) is 0 Å². The Kier molecular flexibility index (Phi) is 10.3. The summed E-state index contributed by atoms with van der Waals surface area (Å²) in [7, 11) is 0. The van der Waals surface area contributed by atoms with Gasteiger partial charge in [-0.25, -0.2) is 9.59 Å². The van der Waals surface area contributed by atoms with Crippen LogP contribution in [0.2, 0.25) is 0 Å². The molecule has 0 amide bonds. The van der Waals surface area contributed by atoms with Crippen LogP contribution in [0.3, 0.4) is 0 Å². The van der Waals surface area contributed by atoms with Crippen molar-refractivity contribution in [2.24, 2.45) is 0 Å². The maximum absolute atomic E-state index is 9.86. The van der Waals surface area contributed by atoms with Crippen LogP contribution in [0, 0.1) is 0 Å². The predicted molar refractivity (Wildman–Crippen MR) is 34.4 cm³/mol. The van der Waals surface area contributed by atoms with Crippen molar-refractivity contribution in [3.8, 4) is 0 Å². The van der Waals surface area contributed by atoms with Crippen molar-refractivity contribution in [1.82, 2.24) is 0 Å². The third-order valence-corrected chi connectivity index (χ3v) is 0.733. The topological polar surface area (TPSA) is 52.6 Å². The van der Waals surface area contributed by atoms with Gasteiger partial charge in [-0.1, -0.05) is 0 Å². The number of hydrogen-bond donors (Lipinski definition) is 0. The molecule has 0 heterocycles. The van der Waals surface area contributed by atoms with Crippen molar-refractivity contribution in [3.63, 3.8) is 0 Å². The zero-order valence-electron chi connectivity index (χ0n) is 5.51. The van der Waals surface area contributed by atoms with E-state index in [2.05, 4.69) is 9.47 Å². The van der Waals surface area contributed by atoms with Crippen molar-refractivity contribution in [3.05, 3.63) is 0 Å². The van der Waals surface area contributed by atoms with E-state index in [9.17, 15) is 9.59 Å². The Labute approximate surface area is 85.9 Å². The molecule has 0 aromatic heterocycles. The molecule has 0 aromatic carbocycles. The first-order chi connectivity index (χ1) is 4.63. The summed E-state index contributed by atoms with van der Waals surface area (Å²) in [6, 6.07) is 0. The van der Waals surface area contributed by atoms with E-state index in [1.165, 1.54) is 0 Å². The van der Waals surface area contributed by atoms with E-state index in [1.54, 1.807) is 0 Å². The number of halogens is 2. The van der Waals surface area contributed by atoms with Crippen molar-refractivity contribution in [2.75, 3.05) is 13.2 Å². The van der Waals surface area contributed by atoms with Crippen LogP contribution in [0.5, 0.6) is 0 Å². The summed E-state index contributed by atoms with van der Waals surface area (Å²) in [5, 5.41) is 0. The molecule has 0 unspecified atom stereocenters. The zero-order valence-corrected chi connectivity index (χ0v) is 9.99. The maximum Gasteiger partial charge on any atom is 0.403 e. The smallest absolute Gasteiger partial charge is 0.403 e. The normalized spacial score (nSPS) is 7.82. The Morgan fingerprint density at radius 1 is 1.00 bits per heavy atom. The summed E-state index contributed by atoms with van der Waals surface area (Å²) < 4.78 is 8.37. The molecule has 4 nitrogen and oxygen atoms in total. The first kappa shape index (κ1) is 13.7. The molecule has 0 spiro atoms. The minimum atomic E-state index is -0.939. The van der Waals surface area contributed by atoms with Crippen molar-refractivity contribution in [1.29, 1.82) is 0 Å². The summed E-state index contributed by atoms with van der Waals surface area (Å²) in [5.41, 5.74) is -1.88. The van der Waals surface area contributed by atoms with E-state index in [0.29, 0.717) is 0 Å².